The Morgan fingerprint density at radius 2 is 1.59 bits per heavy atom. The summed E-state index contributed by atoms with van der Waals surface area (Å²) < 4.78 is 22.8. The van der Waals surface area contributed by atoms with Gasteiger partial charge in [-0.25, -0.2) is 0 Å². The molecule has 2 aromatic carbocycles. The van der Waals surface area contributed by atoms with Gasteiger partial charge in [0.15, 0.2) is 0 Å². The second kappa shape index (κ2) is 13.0. The van der Waals surface area contributed by atoms with Gasteiger partial charge < -0.3 is 23.5 Å². The minimum absolute atomic E-state index is 0.0282. The predicted molar refractivity (Wildman–Crippen MR) is 136 cm³/mol. The Hall–Kier alpha value is -2.29. The first-order valence-corrected chi connectivity index (χ1v) is 13.5. The van der Waals surface area contributed by atoms with E-state index in [4.69, 9.17) is 18.4 Å². The highest BCUT2D eigenvalue weighted by atomic mass is 28.3. The molecule has 184 valence electrons. The fourth-order valence-electron chi connectivity index (χ4n) is 3.77. The molecule has 2 unspecified atom stereocenters. The number of aromatic nitrogens is 1. The Morgan fingerprint density at radius 3 is 2.15 bits per heavy atom. The van der Waals surface area contributed by atoms with Crippen LogP contribution in [0.15, 0.2) is 71.3 Å². The standard InChI is InChI=1S/C27H37NO5Si/c1-27(2,3)26(16-15-21-19-24(28-32-21)25(29)20-31-18-17-30-4)33-34(22-11-7-5-8-12-22)23-13-9-6-10-14-23/h5-14,19,25-26,29,34H,15-18,20H2,1-4H3. The van der Waals surface area contributed by atoms with E-state index in [9.17, 15) is 5.11 Å². The maximum absolute atomic E-state index is 10.3. The number of hydrogen-bond acceptors (Lipinski definition) is 6. The van der Waals surface area contributed by atoms with E-state index in [0.717, 1.165) is 12.2 Å². The van der Waals surface area contributed by atoms with E-state index in [1.165, 1.54) is 10.4 Å². The van der Waals surface area contributed by atoms with E-state index in [1.807, 2.05) is 18.2 Å². The summed E-state index contributed by atoms with van der Waals surface area (Å²) in [4.78, 5) is 0. The third kappa shape index (κ3) is 7.89. The molecule has 0 aliphatic rings. The molecule has 2 atom stereocenters. The lowest BCUT2D eigenvalue weighted by Gasteiger charge is -2.34. The molecule has 6 nitrogen and oxygen atoms in total. The summed E-state index contributed by atoms with van der Waals surface area (Å²) in [7, 11) is -0.263. The van der Waals surface area contributed by atoms with Crippen LogP contribution >= 0.6 is 0 Å². The minimum Gasteiger partial charge on any atom is -0.407 e. The first-order valence-electron chi connectivity index (χ1n) is 11.8. The van der Waals surface area contributed by atoms with Gasteiger partial charge in [0.2, 0.25) is 9.04 Å². The number of aryl methyl sites for hydroxylation is 1. The molecule has 0 saturated carbocycles. The molecule has 1 N–H and O–H groups in total. The minimum atomic E-state index is -1.88. The molecule has 1 heterocycles. The van der Waals surface area contributed by atoms with E-state index >= 15 is 0 Å². The molecule has 0 radical (unpaired) electrons. The van der Waals surface area contributed by atoms with Crippen molar-refractivity contribution in [3.63, 3.8) is 0 Å². The van der Waals surface area contributed by atoms with Gasteiger partial charge in [-0.05, 0) is 22.2 Å². The van der Waals surface area contributed by atoms with E-state index in [1.54, 1.807) is 7.11 Å². The molecule has 3 aromatic rings. The Morgan fingerprint density at radius 1 is 0.971 bits per heavy atom. The highest BCUT2D eigenvalue weighted by Gasteiger charge is 2.30. The monoisotopic (exact) mass is 483 g/mol. The largest absolute Gasteiger partial charge is 0.407 e. The summed E-state index contributed by atoms with van der Waals surface area (Å²) in [5.41, 5.74) is 0.438. The van der Waals surface area contributed by atoms with Gasteiger partial charge in [-0.2, -0.15) is 0 Å². The van der Waals surface area contributed by atoms with Crippen LogP contribution in [-0.4, -0.2) is 52.3 Å². The van der Waals surface area contributed by atoms with Crippen LogP contribution in [0.4, 0.5) is 0 Å². The summed E-state index contributed by atoms with van der Waals surface area (Å²) >= 11 is 0. The summed E-state index contributed by atoms with van der Waals surface area (Å²) in [5.74, 6) is 0.737. The van der Waals surface area contributed by atoms with Crippen LogP contribution in [0.1, 0.15) is 44.8 Å². The molecule has 0 aliphatic carbocycles. The molecule has 3 rings (SSSR count). The highest BCUT2D eigenvalue weighted by molar-refractivity contribution is 6.80. The second-order valence-electron chi connectivity index (χ2n) is 9.53. The third-order valence-corrected chi connectivity index (χ3v) is 8.33. The van der Waals surface area contributed by atoms with Crippen molar-refractivity contribution in [2.24, 2.45) is 5.41 Å². The van der Waals surface area contributed by atoms with Gasteiger partial charge in [0.1, 0.15) is 17.6 Å². The zero-order chi connectivity index (χ0) is 24.4. The van der Waals surface area contributed by atoms with Gasteiger partial charge in [0.05, 0.1) is 25.9 Å². The molecule has 1 aromatic heterocycles. The lowest BCUT2D eigenvalue weighted by atomic mass is 9.86. The SMILES string of the molecule is COCCOCC(O)c1cc(CCC(O[SiH](c2ccccc2)c2ccccc2)C(C)(C)C)on1. The number of aliphatic hydroxyl groups is 1. The normalized spacial score (nSPS) is 13.8. The van der Waals surface area contributed by atoms with E-state index < -0.39 is 15.1 Å². The van der Waals surface area contributed by atoms with Crippen LogP contribution in [0.25, 0.3) is 0 Å². The lowest BCUT2D eigenvalue weighted by Crippen LogP contribution is -2.49. The number of rotatable bonds is 13. The molecule has 0 bridgehead atoms. The van der Waals surface area contributed by atoms with Gasteiger partial charge in [-0.15, -0.1) is 0 Å². The Balaban J connectivity index is 1.68. The zero-order valence-electron chi connectivity index (χ0n) is 20.6. The number of aliphatic hydroxyl groups excluding tert-OH is 1. The van der Waals surface area contributed by atoms with Gasteiger partial charge in [-0.3, -0.25) is 0 Å². The number of nitrogens with zero attached hydrogens (tertiary/aromatic N) is 1. The zero-order valence-corrected chi connectivity index (χ0v) is 21.8. The van der Waals surface area contributed by atoms with Crippen LogP contribution in [-0.2, 0) is 20.3 Å². The highest BCUT2D eigenvalue weighted by Crippen LogP contribution is 2.27. The van der Waals surface area contributed by atoms with E-state index in [0.29, 0.717) is 25.3 Å². The van der Waals surface area contributed by atoms with E-state index in [2.05, 4.69) is 74.5 Å². The van der Waals surface area contributed by atoms with Crippen molar-refractivity contribution in [2.45, 2.75) is 45.8 Å². The van der Waals surface area contributed by atoms with Crippen LogP contribution in [0.3, 0.4) is 0 Å². The van der Waals surface area contributed by atoms with Crippen LogP contribution < -0.4 is 10.4 Å². The molecular weight excluding hydrogens is 446 g/mol. The van der Waals surface area contributed by atoms with Crippen molar-refractivity contribution in [3.8, 4) is 0 Å². The van der Waals surface area contributed by atoms with Crippen molar-refractivity contribution in [3.05, 3.63) is 78.2 Å². The first kappa shape index (κ1) is 26.3. The summed E-state index contributed by atoms with van der Waals surface area (Å²) in [5, 5.41) is 16.9. The second-order valence-corrected chi connectivity index (χ2v) is 11.9. The maximum atomic E-state index is 10.3. The molecule has 0 amide bonds. The topological polar surface area (TPSA) is 74.0 Å². The molecule has 34 heavy (non-hydrogen) atoms. The number of methoxy groups -OCH3 is 1. The van der Waals surface area contributed by atoms with Gasteiger partial charge in [0.25, 0.3) is 0 Å². The fourth-order valence-corrected chi connectivity index (χ4v) is 6.49. The van der Waals surface area contributed by atoms with Gasteiger partial charge >= 0.3 is 0 Å². The molecular formula is C27H37NO5Si. The van der Waals surface area contributed by atoms with Gasteiger partial charge in [0, 0.05) is 19.6 Å². The predicted octanol–water partition coefficient (Wildman–Crippen LogP) is 3.27. The molecule has 0 aliphatic heterocycles. The maximum Gasteiger partial charge on any atom is 0.240 e. The van der Waals surface area contributed by atoms with Crippen molar-refractivity contribution in [1.29, 1.82) is 0 Å². The third-order valence-electron chi connectivity index (χ3n) is 5.75. The summed E-state index contributed by atoms with van der Waals surface area (Å²) in [6, 6.07) is 22.9. The average Bonchev–Trinajstić information content (AvgIpc) is 3.31. The summed E-state index contributed by atoms with van der Waals surface area (Å²) in [6.45, 7) is 7.71. The molecule has 7 heteroatoms. The summed E-state index contributed by atoms with van der Waals surface area (Å²) in [6.07, 6.45) is 0.677. The van der Waals surface area contributed by atoms with Crippen molar-refractivity contribution < 1.29 is 23.5 Å². The molecule has 0 saturated heterocycles. The van der Waals surface area contributed by atoms with Crippen molar-refractivity contribution in [2.75, 3.05) is 26.9 Å². The van der Waals surface area contributed by atoms with Crippen LogP contribution in [0.2, 0.25) is 0 Å². The Kier molecular flexibility index (Phi) is 10.0. The van der Waals surface area contributed by atoms with Crippen molar-refractivity contribution >= 4 is 19.4 Å². The fraction of sp³-hybridized carbons (Fsp3) is 0.444. The number of hydrogen-bond donors (Lipinski definition) is 1. The van der Waals surface area contributed by atoms with E-state index in [-0.39, 0.29) is 18.1 Å². The quantitative estimate of drug-likeness (QED) is 0.297. The van der Waals surface area contributed by atoms with Crippen LogP contribution in [0, 0.1) is 5.41 Å². The first-order chi connectivity index (χ1) is 16.4. The smallest absolute Gasteiger partial charge is 0.240 e. The van der Waals surface area contributed by atoms with Crippen LogP contribution in [0.5, 0.6) is 0 Å². The number of ether oxygens (including phenoxy) is 2. The Bertz CT molecular complexity index is 918. The van der Waals surface area contributed by atoms with Crippen molar-refractivity contribution in [1.82, 2.24) is 5.16 Å². The average molecular weight is 484 g/mol. The Labute approximate surface area is 204 Å². The van der Waals surface area contributed by atoms with Gasteiger partial charge in [-0.1, -0.05) is 86.6 Å². The number of benzene rings is 2. The molecule has 0 spiro atoms. The molecule has 0 fully saturated rings. The lowest BCUT2D eigenvalue weighted by molar-refractivity contribution is 0.01000.